The van der Waals surface area contributed by atoms with Crippen LogP contribution in [-0.4, -0.2) is 32.7 Å². The highest BCUT2D eigenvalue weighted by Gasteiger charge is 2.07. The summed E-state index contributed by atoms with van der Waals surface area (Å²) in [7, 11) is 2.74. The third kappa shape index (κ3) is 3.36. The molecule has 0 unspecified atom stereocenters. The van der Waals surface area contributed by atoms with Gasteiger partial charge in [-0.05, 0) is 18.2 Å². The van der Waals surface area contributed by atoms with E-state index in [-0.39, 0.29) is 12.5 Å². The van der Waals surface area contributed by atoms with Crippen LogP contribution in [0.25, 0.3) is 0 Å². The van der Waals surface area contributed by atoms with E-state index in [1.807, 2.05) is 0 Å². The van der Waals surface area contributed by atoms with Crippen molar-refractivity contribution in [2.75, 3.05) is 26.1 Å². The van der Waals surface area contributed by atoms with Gasteiger partial charge in [0.05, 0.1) is 12.7 Å². The molecule has 0 aromatic heterocycles. The Kier molecular flexibility index (Phi) is 4.47. The predicted molar refractivity (Wildman–Crippen MR) is 58.3 cm³/mol. The first-order chi connectivity index (χ1) is 7.67. The molecule has 0 saturated carbocycles. The smallest absolute Gasteiger partial charge is 0.337 e. The molecule has 86 valence electrons. The van der Waals surface area contributed by atoms with Gasteiger partial charge in [0.25, 0.3) is 0 Å². The second-order valence-electron chi connectivity index (χ2n) is 3.05. The van der Waals surface area contributed by atoms with Crippen LogP contribution in [0.4, 0.5) is 5.69 Å². The molecule has 16 heavy (non-hydrogen) atoms. The summed E-state index contributed by atoms with van der Waals surface area (Å²) in [6.07, 6.45) is 0. The summed E-state index contributed by atoms with van der Waals surface area (Å²) in [4.78, 5) is 22.4. The number of hydrogen-bond acceptors (Lipinski definition) is 4. The van der Waals surface area contributed by atoms with Crippen LogP contribution in [0.2, 0.25) is 0 Å². The van der Waals surface area contributed by atoms with Crippen LogP contribution in [0, 0.1) is 0 Å². The normalized spacial score (nSPS) is 9.62. The average molecular weight is 223 g/mol. The van der Waals surface area contributed by atoms with E-state index in [0.717, 1.165) is 0 Å². The van der Waals surface area contributed by atoms with Gasteiger partial charge in [-0.15, -0.1) is 0 Å². The number of methoxy groups -OCH3 is 2. The molecule has 0 atom stereocenters. The third-order valence-electron chi connectivity index (χ3n) is 1.84. The lowest BCUT2D eigenvalue weighted by Crippen LogP contribution is -2.17. The van der Waals surface area contributed by atoms with E-state index >= 15 is 0 Å². The number of carbonyl (C=O) groups excluding carboxylic acids is 2. The quantitative estimate of drug-likeness (QED) is 0.775. The van der Waals surface area contributed by atoms with Gasteiger partial charge in [-0.1, -0.05) is 6.07 Å². The number of ether oxygens (including phenoxy) is 2. The lowest BCUT2D eigenvalue weighted by molar-refractivity contribution is -0.119. The molecule has 0 spiro atoms. The standard InChI is InChI=1S/C11H13NO4/c1-15-7-10(13)12-9-5-3-4-8(6-9)11(14)16-2/h3-6H,7H2,1-2H3,(H,12,13). The van der Waals surface area contributed by atoms with Crippen molar-refractivity contribution in [1.82, 2.24) is 0 Å². The molecule has 1 N–H and O–H groups in total. The summed E-state index contributed by atoms with van der Waals surface area (Å²) in [5.41, 5.74) is 0.919. The monoisotopic (exact) mass is 223 g/mol. The maximum Gasteiger partial charge on any atom is 0.337 e. The molecule has 0 aliphatic rings. The van der Waals surface area contributed by atoms with Gasteiger partial charge in [-0.25, -0.2) is 4.79 Å². The number of nitrogens with one attached hydrogen (secondary N) is 1. The van der Waals surface area contributed by atoms with Crippen molar-refractivity contribution in [3.8, 4) is 0 Å². The van der Waals surface area contributed by atoms with Gasteiger partial charge in [0.1, 0.15) is 6.61 Å². The van der Waals surface area contributed by atoms with Crippen molar-refractivity contribution in [3.63, 3.8) is 0 Å². The van der Waals surface area contributed by atoms with Crippen LogP contribution in [0.5, 0.6) is 0 Å². The van der Waals surface area contributed by atoms with Crippen LogP contribution in [0.1, 0.15) is 10.4 Å². The molecule has 0 heterocycles. The fourth-order valence-corrected chi connectivity index (χ4v) is 1.17. The average Bonchev–Trinajstić information content (AvgIpc) is 2.28. The first kappa shape index (κ1) is 12.2. The highest BCUT2D eigenvalue weighted by atomic mass is 16.5. The van der Waals surface area contributed by atoms with E-state index < -0.39 is 5.97 Å². The van der Waals surface area contributed by atoms with E-state index in [4.69, 9.17) is 0 Å². The van der Waals surface area contributed by atoms with Crippen LogP contribution in [-0.2, 0) is 14.3 Å². The third-order valence-corrected chi connectivity index (χ3v) is 1.84. The second-order valence-corrected chi connectivity index (χ2v) is 3.05. The Morgan fingerprint density at radius 1 is 1.31 bits per heavy atom. The zero-order valence-corrected chi connectivity index (χ0v) is 9.15. The van der Waals surface area contributed by atoms with Gasteiger partial charge in [0.15, 0.2) is 0 Å². The number of rotatable bonds is 4. The highest BCUT2D eigenvalue weighted by molar-refractivity contribution is 5.94. The molecule has 0 saturated heterocycles. The number of carbonyl (C=O) groups is 2. The minimum atomic E-state index is -0.442. The van der Waals surface area contributed by atoms with E-state index in [2.05, 4.69) is 14.8 Å². The number of amides is 1. The zero-order valence-electron chi connectivity index (χ0n) is 9.15. The van der Waals surface area contributed by atoms with E-state index in [1.165, 1.54) is 14.2 Å². The molecule has 0 aliphatic carbocycles. The van der Waals surface area contributed by atoms with E-state index in [0.29, 0.717) is 11.3 Å². The van der Waals surface area contributed by atoms with Crippen molar-refractivity contribution >= 4 is 17.6 Å². The summed E-state index contributed by atoms with van der Waals surface area (Å²) >= 11 is 0. The summed E-state index contributed by atoms with van der Waals surface area (Å²) in [5, 5.41) is 2.59. The van der Waals surface area contributed by atoms with Gasteiger partial charge in [0, 0.05) is 12.8 Å². The van der Waals surface area contributed by atoms with Crippen molar-refractivity contribution < 1.29 is 19.1 Å². The summed E-state index contributed by atoms with van der Waals surface area (Å²) in [5.74, 6) is -0.715. The van der Waals surface area contributed by atoms with Crippen molar-refractivity contribution in [3.05, 3.63) is 29.8 Å². The van der Waals surface area contributed by atoms with E-state index in [9.17, 15) is 9.59 Å². The minimum absolute atomic E-state index is 0.0253. The Labute approximate surface area is 93.4 Å². The molecule has 0 bridgehead atoms. The topological polar surface area (TPSA) is 64.6 Å². The Morgan fingerprint density at radius 2 is 2.06 bits per heavy atom. The number of hydrogen-bond donors (Lipinski definition) is 1. The fourth-order valence-electron chi connectivity index (χ4n) is 1.17. The molecule has 0 aliphatic heterocycles. The summed E-state index contributed by atoms with van der Waals surface area (Å²) in [6, 6.07) is 6.49. The maximum atomic E-state index is 11.2. The Morgan fingerprint density at radius 3 is 2.69 bits per heavy atom. The predicted octanol–water partition coefficient (Wildman–Crippen LogP) is 1.06. The summed E-state index contributed by atoms with van der Waals surface area (Å²) < 4.78 is 9.24. The van der Waals surface area contributed by atoms with Gasteiger partial charge in [-0.3, -0.25) is 4.79 Å². The first-order valence-corrected chi connectivity index (χ1v) is 4.64. The van der Waals surface area contributed by atoms with Crippen molar-refractivity contribution in [1.29, 1.82) is 0 Å². The van der Waals surface area contributed by atoms with Crippen LogP contribution in [0.3, 0.4) is 0 Å². The van der Waals surface area contributed by atoms with Gasteiger partial charge < -0.3 is 14.8 Å². The van der Waals surface area contributed by atoms with Gasteiger partial charge in [0.2, 0.25) is 5.91 Å². The Balaban J connectivity index is 2.74. The first-order valence-electron chi connectivity index (χ1n) is 4.64. The number of anilines is 1. The summed E-state index contributed by atoms with van der Waals surface area (Å²) in [6.45, 7) is -0.0253. The van der Waals surface area contributed by atoms with E-state index in [1.54, 1.807) is 24.3 Å². The molecule has 0 fully saturated rings. The second kappa shape index (κ2) is 5.87. The molecule has 1 amide bonds. The van der Waals surface area contributed by atoms with Crippen LogP contribution in [0.15, 0.2) is 24.3 Å². The van der Waals surface area contributed by atoms with Crippen LogP contribution < -0.4 is 5.32 Å². The highest BCUT2D eigenvalue weighted by Crippen LogP contribution is 2.11. The lowest BCUT2D eigenvalue weighted by Gasteiger charge is -2.05. The zero-order chi connectivity index (χ0) is 12.0. The molecule has 5 heteroatoms. The molecule has 1 aromatic rings. The Bertz CT molecular complexity index is 389. The maximum absolute atomic E-state index is 11.2. The number of esters is 1. The van der Waals surface area contributed by atoms with Crippen molar-refractivity contribution in [2.45, 2.75) is 0 Å². The van der Waals surface area contributed by atoms with Crippen molar-refractivity contribution in [2.24, 2.45) is 0 Å². The fraction of sp³-hybridized carbons (Fsp3) is 0.273. The van der Waals surface area contributed by atoms with Gasteiger partial charge in [-0.2, -0.15) is 0 Å². The molecule has 1 aromatic carbocycles. The molecular formula is C11H13NO4. The molecule has 5 nitrogen and oxygen atoms in total. The Hall–Kier alpha value is -1.88. The van der Waals surface area contributed by atoms with Crippen LogP contribution >= 0.6 is 0 Å². The molecular weight excluding hydrogens is 210 g/mol. The molecule has 1 rings (SSSR count). The largest absolute Gasteiger partial charge is 0.465 e. The lowest BCUT2D eigenvalue weighted by atomic mass is 10.2. The SMILES string of the molecule is COCC(=O)Nc1cccc(C(=O)OC)c1. The minimum Gasteiger partial charge on any atom is -0.465 e. The van der Waals surface area contributed by atoms with Gasteiger partial charge >= 0.3 is 5.97 Å². The molecule has 0 radical (unpaired) electrons. The number of benzene rings is 1.